The van der Waals surface area contributed by atoms with E-state index in [4.69, 9.17) is 4.74 Å². The van der Waals surface area contributed by atoms with Gasteiger partial charge in [-0.05, 0) is 30.7 Å². The Balaban J connectivity index is 2.56. The second kappa shape index (κ2) is 6.43. The van der Waals surface area contributed by atoms with Crippen molar-refractivity contribution in [1.82, 2.24) is 5.32 Å². The van der Waals surface area contributed by atoms with Crippen LogP contribution in [0.3, 0.4) is 0 Å². The molecule has 1 aromatic rings. The van der Waals surface area contributed by atoms with E-state index in [1.165, 1.54) is 0 Å². The molecule has 0 spiro atoms. The zero-order chi connectivity index (χ0) is 11.1. The monoisotopic (exact) mass is 209 g/mol. The Morgan fingerprint density at radius 1 is 1.47 bits per heavy atom. The molecule has 2 N–H and O–H groups in total. The first-order valence-corrected chi connectivity index (χ1v) is 5.26. The third kappa shape index (κ3) is 4.32. The summed E-state index contributed by atoms with van der Waals surface area (Å²) in [4.78, 5) is 0. The summed E-state index contributed by atoms with van der Waals surface area (Å²) in [6, 6.07) is 7.66. The Labute approximate surface area is 91.1 Å². The minimum absolute atomic E-state index is 0.307. The molecule has 0 heterocycles. The molecule has 1 aromatic carbocycles. The lowest BCUT2D eigenvalue weighted by atomic mass is 10.1. The fourth-order valence-electron chi connectivity index (χ4n) is 1.65. The van der Waals surface area contributed by atoms with Crippen molar-refractivity contribution in [3.05, 3.63) is 29.8 Å². The van der Waals surface area contributed by atoms with E-state index in [9.17, 15) is 5.11 Å². The smallest absolute Gasteiger partial charge is 0.115 e. The van der Waals surface area contributed by atoms with Crippen LogP contribution in [0, 0.1) is 0 Å². The van der Waals surface area contributed by atoms with Crippen LogP contribution in [0.15, 0.2) is 24.3 Å². The number of hydrogen-bond donors (Lipinski definition) is 2. The molecule has 1 atom stereocenters. The van der Waals surface area contributed by atoms with Gasteiger partial charge < -0.3 is 15.2 Å². The highest BCUT2D eigenvalue weighted by atomic mass is 16.5. The number of likely N-dealkylation sites (N-methyl/N-ethyl adjacent to an activating group) is 1. The Morgan fingerprint density at radius 2 is 2.27 bits per heavy atom. The average molecular weight is 209 g/mol. The van der Waals surface area contributed by atoms with E-state index in [-0.39, 0.29) is 0 Å². The number of aromatic hydroxyl groups is 1. The first kappa shape index (κ1) is 12.0. The molecule has 0 bridgehead atoms. The molecule has 3 nitrogen and oxygen atoms in total. The van der Waals surface area contributed by atoms with Crippen LogP contribution in [0.1, 0.15) is 12.5 Å². The highest BCUT2D eigenvalue weighted by molar-refractivity contribution is 5.27. The Hall–Kier alpha value is -1.06. The van der Waals surface area contributed by atoms with Gasteiger partial charge in [0.05, 0.1) is 6.61 Å². The number of rotatable bonds is 6. The maximum absolute atomic E-state index is 9.33. The topological polar surface area (TPSA) is 41.5 Å². The van der Waals surface area contributed by atoms with E-state index in [2.05, 4.69) is 12.2 Å². The van der Waals surface area contributed by atoms with Crippen molar-refractivity contribution < 1.29 is 9.84 Å². The second-order valence-corrected chi connectivity index (χ2v) is 3.58. The fraction of sp³-hybridized carbons (Fsp3) is 0.500. The highest BCUT2D eigenvalue weighted by Crippen LogP contribution is 2.12. The number of benzene rings is 1. The third-order valence-corrected chi connectivity index (χ3v) is 2.25. The molecule has 0 aliphatic heterocycles. The summed E-state index contributed by atoms with van der Waals surface area (Å²) in [5, 5.41) is 12.7. The maximum atomic E-state index is 9.33. The van der Waals surface area contributed by atoms with Crippen molar-refractivity contribution in [1.29, 1.82) is 0 Å². The van der Waals surface area contributed by atoms with Gasteiger partial charge in [-0.25, -0.2) is 0 Å². The van der Waals surface area contributed by atoms with Crippen LogP contribution in [0.2, 0.25) is 0 Å². The van der Waals surface area contributed by atoms with Crippen LogP contribution in [0.4, 0.5) is 0 Å². The van der Waals surface area contributed by atoms with E-state index in [1.54, 1.807) is 19.2 Å². The van der Waals surface area contributed by atoms with Gasteiger partial charge >= 0.3 is 0 Å². The highest BCUT2D eigenvalue weighted by Gasteiger charge is 2.07. The van der Waals surface area contributed by atoms with Gasteiger partial charge in [-0.2, -0.15) is 0 Å². The van der Waals surface area contributed by atoms with E-state index in [0.29, 0.717) is 18.4 Å². The normalized spacial score (nSPS) is 12.7. The summed E-state index contributed by atoms with van der Waals surface area (Å²) >= 11 is 0. The van der Waals surface area contributed by atoms with E-state index >= 15 is 0 Å². The Kier molecular flexibility index (Phi) is 5.15. The SMILES string of the molecule is CCNC(COC)Cc1cccc(O)c1. The lowest BCUT2D eigenvalue weighted by Gasteiger charge is -2.16. The second-order valence-electron chi connectivity index (χ2n) is 3.58. The first-order valence-electron chi connectivity index (χ1n) is 5.26. The van der Waals surface area contributed by atoms with Crippen molar-refractivity contribution in [3.63, 3.8) is 0 Å². The number of ether oxygens (including phenoxy) is 1. The quantitative estimate of drug-likeness (QED) is 0.747. The summed E-state index contributed by atoms with van der Waals surface area (Å²) in [6.07, 6.45) is 0.871. The maximum Gasteiger partial charge on any atom is 0.115 e. The summed E-state index contributed by atoms with van der Waals surface area (Å²) < 4.78 is 5.13. The zero-order valence-corrected chi connectivity index (χ0v) is 9.36. The van der Waals surface area contributed by atoms with Gasteiger partial charge in [0.25, 0.3) is 0 Å². The third-order valence-electron chi connectivity index (χ3n) is 2.25. The molecule has 0 amide bonds. The molecular weight excluding hydrogens is 190 g/mol. The zero-order valence-electron chi connectivity index (χ0n) is 9.36. The van der Waals surface area contributed by atoms with E-state index in [0.717, 1.165) is 18.5 Å². The molecule has 15 heavy (non-hydrogen) atoms. The number of methoxy groups -OCH3 is 1. The van der Waals surface area contributed by atoms with Gasteiger partial charge in [-0.15, -0.1) is 0 Å². The minimum atomic E-state index is 0.307. The molecule has 0 saturated heterocycles. The number of phenolic OH excluding ortho intramolecular Hbond substituents is 1. The number of nitrogens with one attached hydrogen (secondary N) is 1. The van der Waals surface area contributed by atoms with E-state index in [1.807, 2.05) is 12.1 Å². The van der Waals surface area contributed by atoms with Gasteiger partial charge in [0.2, 0.25) is 0 Å². The Bertz CT molecular complexity index is 283. The molecule has 0 saturated carbocycles. The van der Waals surface area contributed by atoms with Gasteiger partial charge in [-0.3, -0.25) is 0 Å². The predicted molar refractivity (Wildman–Crippen MR) is 61.2 cm³/mol. The molecule has 3 heteroatoms. The molecule has 0 radical (unpaired) electrons. The molecular formula is C12H19NO2. The fourth-order valence-corrected chi connectivity index (χ4v) is 1.65. The van der Waals surface area contributed by atoms with Gasteiger partial charge in [-0.1, -0.05) is 19.1 Å². The van der Waals surface area contributed by atoms with Gasteiger partial charge in [0.15, 0.2) is 0 Å². The summed E-state index contributed by atoms with van der Waals surface area (Å²) in [5.41, 5.74) is 1.12. The van der Waals surface area contributed by atoms with Crippen LogP contribution in [0.25, 0.3) is 0 Å². The minimum Gasteiger partial charge on any atom is -0.508 e. The summed E-state index contributed by atoms with van der Waals surface area (Å²) in [5.74, 6) is 0.320. The van der Waals surface area contributed by atoms with Crippen LogP contribution in [0.5, 0.6) is 5.75 Å². The molecule has 0 aliphatic rings. The van der Waals surface area contributed by atoms with E-state index < -0.39 is 0 Å². The average Bonchev–Trinajstić information content (AvgIpc) is 2.18. The largest absolute Gasteiger partial charge is 0.508 e. The molecule has 1 rings (SSSR count). The van der Waals surface area contributed by atoms with Crippen LogP contribution in [-0.4, -0.2) is 31.4 Å². The van der Waals surface area contributed by atoms with Crippen molar-refractivity contribution in [2.24, 2.45) is 0 Å². The molecule has 0 aromatic heterocycles. The van der Waals surface area contributed by atoms with Crippen molar-refractivity contribution in [3.8, 4) is 5.75 Å². The van der Waals surface area contributed by atoms with Crippen molar-refractivity contribution in [2.75, 3.05) is 20.3 Å². The molecule has 1 unspecified atom stereocenters. The molecule has 0 fully saturated rings. The van der Waals surface area contributed by atoms with Gasteiger partial charge in [0, 0.05) is 13.2 Å². The summed E-state index contributed by atoms with van der Waals surface area (Å²) in [7, 11) is 1.70. The number of phenols is 1. The van der Waals surface area contributed by atoms with Crippen LogP contribution in [-0.2, 0) is 11.2 Å². The lowest BCUT2D eigenvalue weighted by molar-refractivity contribution is 0.167. The first-order chi connectivity index (χ1) is 7.26. The summed E-state index contributed by atoms with van der Waals surface area (Å²) in [6.45, 7) is 3.68. The van der Waals surface area contributed by atoms with Crippen molar-refractivity contribution >= 4 is 0 Å². The molecule has 0 aliphatic carbocycles. The Morgan fingerprint density at radius 3 is 2.87 bits per heavy atom. The standard InChI is InChI=1S/C12H19NO2/c1-3-13-11(9-15-2)7-10-5-4-6-12(14)8-10/h4-6,8,11,13-14H,3,7,9H2,1-2H3. The molecule has 84 valence electrons. The van der Waals surface area contributed by atoms with Gasteiger partial charge in [0.1, 0.15) is 5.75 Å². The van der Waals surface area contributed by atoms with Crippen LogP contribution >= 0.6 is 0 Å². The predicted octanol–water partition coefficient (Wildman–Crippen LogP) is 1.56. The number of hydrogen-bond acceptors (Lipinski definition) is 3. The van der Waals surface area contributed by atoms with Crippen molar-refractivity contribution in [2.45, 2.75) is 19.4 Å². The lowest BCUT2D eigenvalue weighted by Crippen LogP contribution is -2.34. The van der Waals surface area contributed by atoms with Crippen LogP contribution < -0.4 is 5.32 Å².